The van der Waals surface area contributed by atoms with Gasteiger partial charge in [0.15, 0.2) is 5.75 Å². The Balaban J connectivity index is 2.25. The molecule has 0 aliphatic rings. The number of ether oxygens (including phenoxy) is 1. The Morgan fingerprint density at radius 2 is 1.91 bits per heavy atom. The van der Waals surface area contributed by atoms with Gasteiger partial charge in [-0.15, -0.1) is 0 Å². The standard InChI is InChI=1S/C18H18NO4/c1-3-13-19(23-18(21)15-9-5-4-6-10-15)16-11-7-8-12-17(16)22-14(2)20/h4-6,8-12H,3,13H2,1-2H3. The molecule has 0 atom stereocenters. The second kappa shape index (κ2) is 7.98. The van der Waals surface area contributed by atoms with Gasteiger partial charge in [0, 0.05) is 6.92 Å². The molecule has 1 radical (unpaired) electrons. The first-order valence-corrected chi connectivity index (χ1v) is 7.35. The normalized spacial score (nSPS) is 10.0. The Bertz CT molecular complexity index is 670. The summed E-state index contributed by atoms with van der Waals surface area (Å²) in [4.78, 5) is 29.0. The summed E-state index contributed by atoms with van der Waals surface area (Å²) in [5, 5.41) is 1.42. The molecule has 0 bridgehead atoms. The van der Waals surface area contributed by atoms with Crippen LogP contribution in [0.5, 0.6) is 5.75 Å². The Labute approximate surface area is 135 Å². The summed E-state index contributed by atoms with van der Waals surface area (Å²) >= 11 is 0. The molecule has 23 heavy (non-hydrogen) atoms. The Morgan fingerprint density at radius 3 is 2.57 bits per heavy atom. The maximum atomic E-state index is 12.3. The lowest BCUT2D eigenvalue weighted by molar-refractivity contribution is -0.131. The van der Waals surface area contributed by atoms with Crippen LogP contribution < -0.4 is 9.80 Å². The van der Waals surface area contributed by atoms with E-state index in [0.29, 0.717) is 23.5 Å². The van der Waals surface area contributed by atoms with Gasteiger partial charge in [-0.1, -0.05) is 31.2 Å². The van der Waals surface area contributed by atoms with Crippen molar-refractivity contribution in [3.05, 3.63) is 60.2 Å². The maximum Gasteiger partial charge on any atom is 0.363 e. The topological polar surface area (TPSA) is 55.8 Å². The predicted octanol–water partition coefficient (Wildman–Crippen LogP) is 3.40. The number of hydroxylamine groups is 1. The van der Waals surface area contributed by atoms with Crippen molar-refractivity contribution in [1.29, 1.82) is 0 Å². The van der Waals surface area contributed by atoms with Gasteiger partial charge >= 0.3 is 11.9 Å². The fourth-order valence-electron chi connectivity index (χ4n) is 1.99. The zero-order valence-corrected chi connectivity index (χ0v) is 13.1. The van der Waals surface area contributed by atoms with Gasteiger partial charge < -0.3 is 9.57 Å². The Morgan fingerprint density at radius 1 is 1.17 bits per heavy atom. The van der Waals surface area contributed by atoms with Gasteiger partial charge in [-0.2, -0.15) is 0 Å². The number of rotatable bonds is 6. The molecule has 2 aromatic carbocycles. The molecule has 0 fully saturated rings. The van der Waals surface area contributed by atoms with Crippen LogP contribution in [-0.2, 0) is 9.63 Å². The fraction of sp³-hybridized carbons (Fsp3) is 0.222. The molecule has 119 valence electrons. The summed E-state index contributed by atoms with van der Waals surface area (Å²) in [7, 11) is 0. The zero-order chi connectivity index (χ0) is 16.7. The minimum absolute atomic E-state index is 0.325. The van der Waals surface area contributed by atoms with E-state index in [1.54, 1.807) is 42.5 Å². The summed E-state index contributed by atoms with van der Waals surface area (Å²) in [5.74, 6) is -0.592. The predicted molar refractivity (Wildman–Crippen MR) is 86.1 cm³/mol. The summed E-state index contributed by atoms with van der Waals surface area (Å²) < 4.78 is 5.17. The number of carbonyl (C=O) groups is 2. The van der Waals surface area contributed by atoms with Crippen molar-refractivity contribution >= 4 is 17.6 Å². The highest BCUT2D eigenvalue weighted by Crippen LogP contribution is 2.28. The average Bonchev–Trinajstić information content (AvgIpc) is 2.55. The molecule has 2 rings (SSSR count). The molecule has 0 spiro atoms. The lowest BCUT2D eigenvalue weighted by atomic mass is 10.2. The van der Waals surface area contributed by atoms with Crippen molar-refractivity contribution in [2.75, 3.05) is 11.6 Å². The van der Waals surface area contributed by atoms with Crippen LogP contribution in [0, 0.1) is 6.07 Å². The van der Waals surface area contributed by atoms with E-state index in [1.165, 1.54) is 12.0 Å². The summed E-state index contributed by atoms with van der Waals surface area (Å²) in [6.45, 7) is 3.74. The van der Waals surface area contributed by atoms with E-state index in [9.17, 15) is 9.59 Å². The van der Waals surface area contributed by atoms with Crippen LogP contribution in [0.3, 0.4) is 0 Å². The SMILES string of the molecule is CCCN(OC(=O)c1ccccc1)c1c[c]ccc1OC(C)=O. The maximum absolute atomic E-state index is 12.3. The van der Waals surface area contributed by atoms with E-state index in [4.69, 9.17) is 9.57 Å². The molecule has 0 aromatic heterocycles. The molecule has 5 heteroatoms. The highest BCUT2D eigenvalue weighted by molar-refractivity contribution is 5.90. The number of hydrogen-bond donors (Lipinski definition) is 0. The van der Waals surface area contributed by atoms with E-state index in [0.717, 1.165) is 6.42 Å². The van der Waals surface area contributed by atoms with Crippen molar-refractivity contribution in [2.45, 2.75) is 20.3 Å². The molecule has 0 N–H and O–H groups in total. The van der Waals surface area contributed by atoms with Gasteiger partial charge in [0.05, 0.1) is 12.1 Å². The summed E-state index contributed by atoms with van der Waals surface area (Å²) in [5.41, 5.74) is 0.927. The zero-order valence-electron chi connectivity index (χ0n) is 13.1. The third-order valence-corrected chi connectivity index (χ3v) is 2.96. The lowest BCUT2D eigenvalue weighted by Crippen LogP contribution is -2.28. The van der Waals surface area contributed by atoms with E-state index >= 15 is 0 Å². The second-order valence-electron chi connectivity index (χ2n) is 4.83. The minimum Gasteiger partial charge on any atom is -0.424 e. The highest BCUT2D eigenvalue weighted by Gasteiger charge is 2.18. The number of nitrogens with zero attached hydrogens (tertiary/aromatic N) is 1. The van der Waals surface area contributed by atoms with Gasteiger partial charge in [-0.05, 0) is 36.8 Å². The van der Waals surface area contributed by atoms with Gasteiger partial charge in [0.2, 0.25) is 0 Å². The van der Waals surface area contributed by atoms with Crippen molar-refractivity contribution < 1.29 is 19.2 Å². The van der Waals surface area contributed by atoms with E-state index in [-0.39, 0.29) is 0 Å². The van der Waals surface area contributed by atoms with Gasteiger partial charge in [0.1, 0.15) is 5.69 Å². The minimum atomic E-state index is -0.475. The second-order valence-corrected chi connectivity index (χ2v) is 4.83. The molecule has 0 saturated carbocycles. The molecule has 5 nitrogen and oxygen atoms in total. The van der Waals surface area contributed by atoms with Crippen molar-refractivity contribution in [2.24, 2.45) is 0 Å². The first kappa shape index (κ1) is 16.5. The fourth-order valence-corrected chi connectivity index (χ4v) is 1.99. The molecule has 0 amide bonds. The van der Waals surface area contributed by atoms with Crippen LogP contribution in [0.25, 0.3) is 0 Å². The van der Waals surface area contributed by atoms with Gasteiger partial charge in [-0.3, -0.25) is 4.79 Å². The molecule has 0 aliphatic carbocycles. The highest BCUT2D eigenvalue weighted by atomic mass is 16.7. The molecular formula is C18H18NO4. The largest absolute Gasteiger partial charge is 0.424 e. The van der Waals surface area contributed by atoms with Crippen LogP contribution in [-0.4, -0.2) is 18.5 Å². The lowest BCUT2D eigenvalue weighted by Gasteiger charge is -2.24. The quantitative estimate of drug-likeness (QED) is 0.465. The van der Waals surface area contributed by atoms with E-state index in [2.05, 4.69) is 6.07 Å². The van der Waals surface area contributed by atoms with E-state index in [1.807, 2.05) is 13.0 Å². The van der Waals surface area contributed by atoms with Crippen LogP contribution in [0.4, 0.5) is 5.69 Å². The van der Waals surface area contributed by atoms with Crippen molar-refractivity contribution in [3.63, 3.8) is 0 Å². The molecule has 2 aromatic rings. The third-order valence-electron chi connectivity index (χ3n) is 2.96. The van der Waals surface area contributed by atoms with Crippen LogP contribution in [0.2, 0.25) is 0 Å². The summed E-state index contributed by atoms with van der Waals surface area (Å²) in [6, 6.07) is 16.5. The molecular weight excluding hydrogens is 294 g/mol. The van der Waals surface area contributed by atoms with E-state index < -0.39 is 11.9 Å². The molecule has 0 unspecified atom stereocenters. The number of carbonyl (C=O) groups excluding carboxylic acids is 2. The number of anilines is 1. The number of benzene rings is 2. The monoisotopic (exact) mass is 312 g/mol. The van der Waals surface area contributed by atoms with Crippen molar-refractivity contribution in [3.8, 4) is 5.75 Å². The molecule has 0 heterocycles. The smallest absolute Gasteiger partial charge is 0.363 e. The van der Waals surface area contributed by atoms with Crippen molar-refractivity contribution in [1.82, 2.24) is 0 Å². The Kier molecular flexibility index (Phi) is 5.74. The third kappa shape index (κ3) is 4.57. The first-order chi connectivity index (χ1) is 11.1. The van der Waals surface area contributed by atoms with Gasteiger partial charge in [-0.25, -0.2) is 9.86 Å². The number of hydrogen-bond acceptors (Lipinski definition) is 5. The van der Waals surface area contributed by atoms with Crippen LogP contribution in [0.1, 0.15) is 30.6 Å². The summed E-state index contributed by atoms with van der Waals surface area (Å²) in [6.07, 6.45) is 0.747. The molecule has 0 saturated heterocycles. The number of esters is 1. The van der Waals surface area contributed by atoms with Crippen LogP contribution >= 0.6 is 0 Å². The first-order valence-electron chi connectivity index (χ1n) is 7.35. The Hall–Kier alpha value is -2.82. The van der Waals surface area contributed by atoms with Gasteiger partial charge in [0.25, 0.3) is 0 Å². The average molecular weight is 312 g/mol. The molecule has 0 aliphatic heterocycles. The van der Waals surface area contributed by atoms with Crippen LogP contribution in [0.15, 0.2) is 48.5 Å².